The van der Waals surface area contributed by atoms with Gasteiger partial charge in [0.2, 0.25) is 5.91 Å². The molecule has 1 aliphatic rings. The Bertz CT molecular complexity index is 740. The van der Waals surface area contributed by atoms with Crippen LogP contribution in [-0.4, -0.2) is 30.4 Å². The van der Waals surface area contributed by atoms with Crippen molar-refractivity contribution in [2.24, 2.45) is 5.92 Å². The molecular formula is C22H26F2N2O. The Balaban J connectivity index is 1.60. The van der Waals surface area contributed by atoms with E-state index in [1.807, 2.05) is 6.92 Å². The topological polar surface area (TPSA) is 32.3 Å². The van der Waals surface area contributed by atoms with Crippen LogP contribution in [0.15, 0.2) is 48.5 Å². The summed E-state index contributed by atoms with van der Waals surface area (Å²) in [4.78, 5) is 14.9. The first kappa shape index (κ1) is 19.5. The lowest BCUT2D eigenvalue weighted by Crippen LogP contribution is -2.39. The standard InChI is InChI=1S/C22H26F2N2O/c1-16(14-17-4-8-19(23)9-5-17)22(27)25-15-21(26-12-2-3-13-26)18-6-10-20(24)11-7-18/h4-11,16,21H,2-3,12-15H2,1H3,(H,25,27). The molecular weight excluding hydrogens is 346 g/mol. The number of nitrogens with one attached hydrogen (secondary N) is 1. The summed E-state index contributed by atoms with van der Waals surface area (Å²) in [6.07, 6.45) is 2.86. The summed E-state index contributed by atoms with van der Waals surface area (Å²) in [6, 6.07) is 12.8. The Labute approximate surface area is 159 Å². The van der Waals surface area contributed by atoms with E-state index in [4.69, 9.17) is 0 Å². The zero-order valence-corrected chi connectivity index (χ0v) is 15.6. The van der Waals surface area contributed by atoms with Gasteiger partial charge in [-0.05, 0) is 67.7 Å². The van der Waals surface area contributed by atoms with Gasteiger partial charge in [-0.1, -0.05) is 31.2 Å². The molecule has 2 aromatic rings. The summed E-state index contributed by atoms with van der Waals surface area (Å²) in [5, 5.41) is 3.06. The van der Waals surface area contributed by atoms with Gasteiger partial charge in [-0.15, -0.1) is 0 Å². The van der Waals surface area contributed by atoms with E-state index in [0.717, 1.165) is 37.1 Å². The summed E-state index contributed by atoms with van der Waals surface area (Å²) in [5.74, 6) is -0.756. The highest BCUT2D eigenvalue weighted by atomic mass is 19.1. The lowest BCUT2D eigenvalue weighted by molar-refractivity contribution is -0.124. The van der Waals surface area contributed by atoms with E-state index in [1.54, 1.807) is 24.3 Å². The molecule has 2 aromatic carbocycles. The van der Waals surface area contributed by atoms with Crippen molar-refractivity contribution in [2.45, 2.75) is 32.2 Å². The molecule has 1 heterocycles. The third-order valence-corrected chi connectivity index (χ3v) is 5.21. The molecule has 1 fully saturated rings. The Morgan fingerprint density at radius 3 is 2.15 bits per heavy atom. The van der Waals surface area contributed by atoms with Crippen molar-refractivity contribution in [1.82, 2.24) is 10.2 Å². The van der Waals surface area contributed by atoms with Crippen molar-refractivity contribution in [2.75, 3.05) is 19.6 Å². The van der Waals surface area contributed by atoms with Crippen molar-refractivity contribution >= 4 is 5.91 Å². The number of amides is 1. The molecule has 0 aliphatic carbocycles. The smallest absolute Gasteiger partial charge is 0.223 e. The largest absolute Gasteiger partial charge is 0.354 e. The van der Waals surface area contributed by atoms with Crippen LogP contribution in [0.1, 0.15) is 36.9 Å². The van der Waals surface area contributed by atoms with E-state index >= 15 is 0 Å². The summed E-state index contributed by atoms with van der Waals surface area (Å²) in [7, 11) is 0. The SMILES string of the molecule is CC(Cc1ccc(F)cc1)C(=O)NCC(c1ccc(F)cc1)N1CCCC1. The van der Waals surface area contributed by atoms with Crippen LogP contribution < -0.4 is 5.32 Å². The average Bonchev–Trinajstić information content (AvgIpc) is 3.19. The van der Waals surface area contributed by atoms with Crippen molar-refractivity contribution in [1.29, 1.82) is 0 Å². The van der Waals surface area contributed by atoms with Gasteiger partial charge in [-0.3, -0.25) is 9.69 Å². The van der Waals surface area contributed by atoms with Crippen molar-refractivity contribution in [3.63, 3.8) is 0 Å². The number of hydrogen-bond acceptors (Lipinski definition) is 2. The maximum absolute atomic E-state index is 13.3. The second-order valence-electron chi connectivity index (χ2n) is 7.29. The monoisotopic (exact) mass is 372 g/mol. The number of carbonyl (C=O) groups is 1. The van der Waals surface area contributed by atoms with Crippen LogP contribution in [0, 0.1) is 17.6 Å². The van der Waals surface area contributed by atoms with Crippen LogP contribution in [0.5, 0.6) is 0 Å². The minimum Gasteiger partial charge on any atom is -0.354 e. The quantitative estimate of drug-likeness (QED) is 0.794. The van der Waals surface area contributed by atoms with E-state index in [9.17, 15) is 13.6 Å². The molecule has 2 atom stereocenters. The highest BCUT2D eigenvalue weighted by Crippen LogP contribution is 2.25. The predicted molar refractivity (Wildman–Crippen MR) is 102 cm³/mol. The fourth-order valence-electron chi connectivity index (χ4n) is 3.63. The summed E-state index contributed by atoms with van der Waals surface area (Å²) < 4.78 is 26.3. The minimum atomic E-state index is -0.274. The molecule has 0 saturated carbocycles. The van der Waals surface area contributed by atoms with Gasteiger partial charge in [-0.2, -0.15) is 0 Å². The van der Waals surface area contributed by atoms with Crippen LogP contribution in [-0.2, 0) is 11.2 Å². The Morgan fingerprint density at radius 1 is 1.00 bits per heavy atom. The van der Waals surface area contributed by atoms with Gasteiger partial charge in [0, 0.05) is 12.5 Å². The second-order valence-corrected chi connectivity index (χ2v) is 7.29. The molecule has 1 amide bonds. The fraction of sp³-hybridized carbons (Fsp3) is 0.409. The Kier molecular flexibility index (Phi) is 6.56. The third kappa shape index (κ3) is 5.36. The molecule has 3 rings (SSSR count). The first-order valence-electron chi connectivity index (χ1n) is 9.54. The maximum atomic E-state index is 13.3. The van der Waals surface area contributed by atoms with Crippen LogP contribution in [0.3, 0.4) is 0 Å². The highest BCUT2D eigenvalue weighted by Gasteiger charge is 2.25. The average molecular weight is 372 g/mol. The van der Waals surface area contributed by atoms with Crippen LogP contribution in [0.25, 0.3) is 0 Å². The molecule has 0 aromatic heterocycles. The number of nitrogens with zero attached hydrogens (tertiary/aromatic N) is 1. The number of rotatable bonds is 7. The maximum Gasteiger partial charge on any atom is 0.223 e. The van der Waals surface area contributed by atoms with Gasteiger partial charge in [-0.25, -0.2) is 8.78 Å². The first-order chi connectivity index (χ1) is 13.0. The van der Waals surface area contributed by atoms with E-state index in [0.29, 0.717) is 13.0 Å². The van der Waals surface area contributed by atoms with Gasteiger partial charge in [0.05, 0.1) is 6.04 Å². The van der Waals surface area contributed by atoms with E-state index in [1.165, 1.54) is 24.3 Å². The zero-order chi connectivity index (χ0) is 19.2. The van der Waals surface area contributed by atoms with Gasteiger partial charge < -0.3 is 5.32 Å². The van der Waals surface area contributed by atoms with Crippen molar-refractivity contribution in [3.8, 4) is 0 Å². The number of hydrogen-bond donors (Lipinski definition) is 1. The second kappa shape index (κ2) is 9.09. The Hall–Kier alpha value is -2.27. The van der Waals surface area contributed by atoms with Gasteiger partial charge >= 0.3 is 0 Å². The molecule has 27 heavy (non-hydrogen) atoms. The Morgan fingerprint density at radius 2 is 1.56 bits per heavy atom. The van der Waals surface area contributed by atoms with Crippen LogP contribution in [0.4, 0.5) is 8.78 Å². The molecule has 0 bridgehead atoms. The third-order valence-electron chi connectivity index (χ3n) is 5.21. The van der Waals surface area contributed by atoms with Crippen molar-refractivity contribution in [3.05, 3.63) is 71.3 Å². The lowest BCUT2D eigenvalue weighted by Gasteiger charge is -2.28. The van der Waals surface area contributed by atoms with Crippen LogP contribution >= 0.6 is 0 Å². The minimum absolute atomic E-state index is 0.0226. The van der Waals surface area contributed by atoms with Gasteiger partial charge in [0.25, 0.3) is 0 Å². The molecule has 2 unspecified atom stereocenters. The van der Waals surface area contributed by atoms with E-state index in [2.05, 4.69) is 10.2 Å². The summed E-state index contributed by atoms with van der Waals surface area (Å²) in [5.41, 5.74) is 1.96. The normalized spacial score (nSPS) is 16.9. The molecule has 0 radical (unpaired) electrons. The molecule has 1 saturated heterocycles. The molecule has 5 heteroatoms. The number of halogens is 2. The van der Waals surface area contributed by atoms with Crippen LogP contribution in [0.2, 0.25) is 0 Å². The first-order valence-corrected chi connectivity index (χ1v) is 9.54. The van der Waals surface area contributed by atoms with Gasteiger partial charge in [0.1, 0.15) is 11.6 Å². The molecule has 1 aliphatic heterocycles. The summed E-state index contributed by atoms with van der Waals surface area (Å²) in [6.45, 7) is 4.35. The predicted octanol–water partition coefficient (Wildman–Crippen LogP) is 4.10. The highest BCUT2D eigenvalue weighted by molar-refractivity contribution is 5.78. The van der Waals surface area contributed by atoms with E-state index in [-0.39, 0.29) is 29.5 Å². The van der Waals surface area contributed by atoms with Crippen molar-refractivity contribution < 1.29 is 13.6 Å². The molecule has 3 nitrogen and oxygen atoms in total. The number of likely N-dealkylation sites (tertiary alicyclic amines) is 1. The molecule has 0 spiro atoms. The zero-order valence-electron chi connectivity index (χ0n) is 15.6. The number of carbonyl (C=O) groups excluding carboxylic acids is 1. The lowest BCUT2D eigenvalue weighted by atomic mass is 9.99. The molecule has 144 valence electrons. The fourth-order valence-corrected chi connectivity index (χ4v) is 3.63. The van der Waals surface area contributed by atoms with Gasteiger partial charge in [0.15, 0.2) is 0 Å². The summed E-state index contributed by atoms with van der Waals surface area (Å²) >= 11 is 0. The van der Waals surface area contributed by atoms with E-state index < -0.39 is 0 Å². The molecule has 1 N–H and O–H groups in total. The number of benzene rings is 2.